The van der Waals surface area contributed by atoms with E-state index >= 15 is 0 Å². The van der Waals surface area contributed by atoms with E-state index < -0.39 is 5.97 Å². The Labute approximate surface area is 112 Å². The molecule has 2 heterocycles. The molecule has 0 aromatic rings. The van der Waals surface area contributed by atoms with Gasteiger partial charge in [-0.1, -0.05) is 6.42 Å². The van der Waals surface area contributed by atoms with Crippen LogP contribution in [0.3, 0.4) is 0 Å². The zero-order valence-electron chi connectivity index (χ0n) is 10.6. The minimum absolute atomic E-state index is 0.164. The lowest BCUT2D eigenvalue weighted by Crippen LogP contribution is -2.37. The summed E-state index contributed by atoms with van der Waals surface area (Å²) >= 11 is 1.79. The molecule has 0 aliphatic carbocycles. The van der Waals surface area contributed by atoms with Crippen LogP contribution in [0.4, 0.5) is 0 Å². The summed E-state index contributed by atoms with van der Waals surface area (Å²) in [4.78, 5) is 24.8. The van der Waals surface area contributed by atoms with Gasteiger partial charge in [-0.2, -0.15) is 0 Å². The highest BCUT2D eigenvalue weighted by Gasteiger charge is 2.31. The first kappa shape index (κ1) is 13.7. The maximum absolute atomic E-state index is 12.3. The van der Waals surface area contributed by atoms with Gasteiger partial charge in [-0.05, 0) is 37.4 Å². The Morgan fingerprint density at radius 3 is 2.78 bits per heavy atom. The molecule has 2 unspecified atom stereocenters. The van der Waals surface area contributed by atoms with Crippen LogP contribution in [0.25, 0.3) is 0 Å². The average molecular weight is 271 g/mol. The second kappa shape index (κ2) is 6.45. The molecule has 2 saturated heterocycles. The van der Waals surface area contributed by atoms with Gasteiger partial charge in [0.25, 0.3) is 0 Å². The third-order valence-corrected chi connectivity index (χ3v) is 5.18. The highest BCUT2D eigenvalue weighted by atomic mass is 32.2. The molecule has 102 valence electrons. The number of likely N-dealkylation sites (tertiary alicyclic amines) is 1. The molecule has 1 N–H and O–H groups in total. The number of rotatable bonds is 4. The van der Waals surface area contributed by atoms with Crippen LogP contribution in [-0.4, -0.2) is 46.0 Å². The standard InChI is InChI=1S/C13H21NO3S/c15-12(16)5-4-10-6-7-14(9-10)13(17)11-3-1-2-8-18-11/h10-11H,1-9H2,(H,15,16). The van der Waals surface area contributed by atoms with Crippen molar-refractivity contribution in [2.24, 2.45) is 5.92 Å². The van der Waals surface area contributed by atoms with E-state index in [0.29, 0.717) is 12.3 Å². The smallest absolute Gasteiger partial charge is 0.303 e. The van der Waals surface area contributed by atoms with Crippen LogP contribution in [0.5, 0.6) is 0 Å². The molecule has 0 saturated carbocycles. The van der Waals surface area contributed by atoms with E-state index in [9.17, 15) is 9.59 Å². The third-order valence-electron chi connectivity index (χ3n) is 3.82. The lowest BCUT2D eigenvalue weighted by atomic mass is 10.0. The summed E-state index contributed by atoms with van der Waals surface area (Å²) < 4.78 is 0. The van der Waals surface area contributed by atoms with Gasteiger partial charge in [-0.3, -0.25) is 9.59 Å². The van der Waals surface area contributed by atoms with Crippen molar-refractivity contribution < 1.29 is 14.7 Å². The first-order valence-corrected chi connectivity index (χ1v) is 7.84. The zero-order valence-corrected chi connectivity index (χ0v) is 11.5. The van der Waals surface area contributed by atoms with Crippen molar-refractivity contribution in [1.82, 2.24) is 4.90 Å². The van der Waals surface area contributed by atoms with Crippen molar-refractivity contribution in [3.63, 3.8) is 0 Å². The maximum atomic E-state index is 12.3. The normalized spacial score (nSPS) is 28.3. The van der Waals surface area contributed by atoms with Crippen LogP contribution < -0.4 is 0 Å². The number of hydrogen-bond donors (Lipinski definition) is 1. The molecule has 0 radical (unpaired) electrons. The van der Waals surface area contributed by atoms with Gasteiger partial charge in [-0.25, -0.2) is 0 Å². The van der Waals surface area contributed by atoms with Crippen molar-refractivity contribution >= 4 is 23.6 Å². The van der Waals surface area contributed by atoms with E-state index in [-0.39, 0.29) is 17.6 Å². The largest absolute Gasteiger partial charge is 0.481 e. The monoisotopic (exact) mass is 271 g/mol. The summed E-state index contributed by atoms with van der Waals surface area (Å²) in [5.74, 6) is 1.05. The molecular weight excluding hydrogens is 250 g/mol. The molecule has 0 spiro atoms. The summed E-state index contributed by atoms with van der Waals surface area (Å²) in [5.41, 5.74) is 0. The Morgan fingerprint density at radius 1 is 1.28 bits per heavy atom. The molecule has 2 atom stereocenters. The second-order valence-electron chi connectivity index (χ2n) is 5.23. The van der Waals surface area contributed by atoms with Crippen LogP contribution in [0, 0.1) is 5.92 Å². The highest BCUT2D eigenvalue weighted by Crippen LogP contribution is 2.29. The maximum Gasteiger partial charge on any atom is 0.303 e. The fourth-order valence-corrected chi connectivity index (χ4v) is 4.02. The van der Waals surface area contributed by atoms with Crippen molar-refractivity contribution in [3.8, 4) is 0 Å². The molecule has 4 nitrogen and oxygen atoms in total. The number of carboxylic acids is 1. The molecular formula is C13H21NO3S. The summed E-state index contributed by atoms with van der Waals surface area (Å²) in [7, 11) is 0. The van der Waals surface area contributed by atoms with Gasteiger partial charge in [0, 0.05) is 19.5 Å². The fraction of sp³-hybridized carbons (Fsp3) is 0.846. The molecule has 2 rings (SSSR count). The van der Waals surface area contributed by atoms with E-state index in [0.717, 1.165) is 31.7 Å². The Hall–Kier alpha value is -0.710. The van der Waals surface area contributed by atoms with Crippen LogP contribution in [0.1, 0.15) is 38.5 Å². The zero-order chi connectivity index (χ0) is 13.0. The fourth-order valence-electron chi connectivity index (χ4n) is 2.74. The Morgan fingerprint density at radius 2 is 2.11 bits per heavy atom. The lowest BCUT2D eigenvalue weighted by Gasteiger charge is -2.25. The molecule has 0 bridgehead atoms. The molecule has 0 aromatic heterocycles. The average Bonchev–Trinajstić information content (AvgIpc) is 2.85. The van der Waals surface area contributed by atoms with Gasteiger partial charge in [0.2, 0.25) is 5.91 Å². The van der Waals surface area contributed by atoms with Crippen LogP contribution in [-0.2, 0) is 9.59 Å². The molecule has 2 fully saturated rings. The van der Waals surface area contributed by atoms with E-state index in [1.54, 1.807) is 11.8 Å². The van der Waals surface area contributed by atoms with Gasteiger partial charge in [0.15, 0.2) is 0 Å². The predicted octanol–water partition coefficient (Wildman–Crippen LogP) is 1.99. The minimum atomic E-state index is -0.734. The summed E-state index contributed by atoms with van der Waals surface area (Å²) in [6.07, 6.45) is 5.31. The SMILES string of the molecule is O=C(O)CCC1CCN(C(=O)C2CCCCS2)C1. The molecule has 2 aliphatic heterocycles. The second-order valence-corrected chi connectivity index (χ2v) is 6.54. The summed E-state index contributed by atoms with van der Waals surface area (Å²) in [6, 6.07) is 0. The number of carbonyl (C=O) groups is 2. The van der Waals surface area contributed by atoms with Crippen LogP contribution >= 0.6 is 11.8 Å². The number of aliphatic carboxylic acids is 1. The van der Waals surface area contributed by atoms with Gasteiger partial charge in [0.05, 0.1) is 5.25 Å². The van der Waals surface area contributed by atoms with Gasteiger partial charge in [-0.15, -0.1) is 11.8 Å². The first-order valence-electron chi connectivity index (χ1n) is 6.79. The molecule has 5 heteroatoms. The quantitative estimate of drug-likeness (QED) is 0.849. The van der Waals surface area contributed by atoms with E-state index in [1.807, 2.05) is 4.90 Å². The third kappa shape index (κ3) is 3.64. The Bertz CT molecular complexity index is 315. The summed E-state index contributed by atoms with van der Waals surface area (Å²) in [6.45, 7) is 1.59. The van der Waals surface area contributed by atoms with Gasteiger partial charge in [0.1, 0.15) is 0 Å². The summed E-state index contributed by atoms with van der Waals surface area (Å²) in [5, 5.41) is 8.83. The van der Waals surface area contributed by atoms with Crippen LogP contribution in [0.15, 0.2) is 0 Å². The Kier molecular flexibility index (Phi) is 4.92. The van der Waals surface area contributed by atoms with Crippen molar-refractivity contribution in [2.45, 2.75) is 43.8 Å². The number of nitrogens with zero attached hydrogens (tertiary/aromatic N) is 1. The lowest BCUT2D eigenvalue weighted by molar-refractivity contribution is -0.137. The van der Waals surface area contributed by atoms with E-state index in [2.05, 4.69) is 0 Å². The number of amides is 1. The minimum Gasteiger partial charge on any atom is -0.481 e. The molecule has 1 amide bonds. The number of carbonyl (C=O) groups excluding carboxylic acids is 1. The van der Waals surface area contributed by atoms with Crippen molar-refractivity contribution in [1.29, 1.82) is 0 Å². The molecule has 2 aliphatic rings. The van der Waals surface area contributed by atoms with Gasteiger partial charge >= 0.3 is 5.97 Å². The van der Waals surface area contributed by atoms with Crippen LogP contribution in [0.2, 0.25) is 0 Å². The van der Waals surface area contributed by atoms with Crippen molar-refractivity contribution in [3.05, 3.63) is 0 Å². The number of thioether (sulfide) groups is 1. The van der Waals surface area contributed by atoms with Crippen molar-refractivity contribution in [2.75, 3.05) is 18.8 Å². The molecule has 18 heavy (non-hydrogen) atoms. The first-order chi connectivity index (χ1) is 8.66. The predicted molar refractivity (Wildman–Crippen MR) is 71.7 cm³/mol. The van der Waals surface area contributed by atoms with E-state index in [4.69, 9.17) is 5.11 Å². The topological polar surface area (TPSA) is 57.6 Å². The Balaban J connectivity index is 1.77. The molecule has 0 aromatic carbocycles. The number of hydrogen-bond acceptors (Lipinski definition) is 3. The number of carboxylic acid groups (broad SMARTS) is 1. The highest BCUT2D eigenvalue weighted by molar-refractivity contribution is 8.00. The van der Waals surface area contributed by atoms with Gasteiger partial charge < -0.3 is 10.0 Å². The van der Waals surface area contributed by atoms with E-state index in [1.165, 1.54) is 12.8 Å².